The summed E-state index contributed by atoms with van der Waals surface area (Å²) in [6.07, 6.45) is 0.993. The lowest BCUT2D eigenvalue weighted by Gasteiger charge is -2.19. The molecule has 0 unspecified atom stereocenters. The second-order valence-corrected chi connectivity index (χ2v) is 6.06. The lowest BCUT2D eigenvalue weighted by atomic mass is 9.95. The predicted molar refractivity (Wildman–Crippen MR) is 80.9 cm³/mol. The van der Waals surface area contributed by atoms with Crippen LogP contribution in [0, 0.1) is 0 Å². The smallest absolute Gasteiger partial charge is 0.229 e. The van der Waals surface area contributed by atoms with Gasteiger partial charge in [0.15, 0.2) is 0 Å². The van der Waals surface area contributed by atoms with Crippen molar-refractivity contribution >= 4 is 11.6 Å². The first-order valence-electron chi connectivity index (χ1n) is 6.78. The Morgan fingerprint density at radius 2 is 1.80 bits per heavy atom. The molecule has 2 aromatic rings. The van der Waals surface area contributed by atoms with Gasteiger partial charge in [0.25, 0.3) is 0 Å². The van der Waals surface area contributed by atoms with Crippen molar-refractivity contribution in [1.29, 1.82) is 0 Å². The van der Waals surface area contributed by atoms with Gasteiger partial charge in [0.05, 0.1) is 12.3 Å². The largest absolute Gasteiger partial charge is 0.494 e. The van der Waals surface area contributed by atoms with E-state index in [1.165, 1.54) is 0 Å². The molecule has 0 atom stereocenters. The van der Waals surface area contributed by atoms with Crippen LogP contribution in [0.5, 0.6) is 5.75 Å². The van der Waals surface area contributed by atoms with Crippen LogP contribution < -0.4 is 4.74 Å². The highest BCUT2D eigenvalue weighted by Crippen LogP contribution is 2.27. The number of hydrogen-bond acceptors (Lipinski definition) is 3. The molecule has 0 saturated carbocycles. The third-order valence-corrected chi connectivity index (χ3v) is 3.11. The number of rotatable bonds is 4. The SMILES string of the molecule is CCCOc1ccc(-n2c(Cl)nnc2C(C)(C)C)cc1. The lowest BCUT2D eigenvalue weighted by molar-refractivity contribution is 0.317. The molecule has 4 nitrogen and oxygen atoms in total. The Morgan fingerprint density at radius 1 is 1.15 bits per heavy atom. The molecule has 108 valence electrons. The maximum Gasteiger partial charge on any atom is 0.229 e. The van der Waals surface area contributed by atoms with Crippen molar-refractivity contribution < 1.29 is 4.74 Å². The number of ether oxygens (including phenoxy) is 1. The Balaban J connectivity index is 2.35. The molecule has 0 saturated heterocycles. The number of nitrogens with zero attached hydrogens (tertiary/aromatic N) is 3. The summed E-state index contributed by atoms with van der Waals surface area (Å²) in [7, 11) is 0. The van der Waals surface area contributed by atoms with Gasteiger partial charge in [-0.1, -0.05) is 27.7 Å². The molecule has 0 aliphatic carbocycles. The molecule has 1 aromatic heterocycles. The third kappa shape index (κ3) is 3.12. The first-order chi connectivity index (χ1) is 9.43. The molecule has 0 amide bonds. The molecule has 1 aromatic carbocycles. The van der Waals surface area contributed by atoms with E-state index < -0.39 is 0 Å². The molecule has 0 bridgehead atoms. The van der Waals surface area contributed by atoms with E-state index in [2.05, 4.69) is 37.9 Å². The van der Waals surface area contributed by atoms with Gasteiger partial charge in [0, 0.05) is 5.41 Å². The summed E-state index contributed by atoms with van der Waals surface area (Å²) < 4.78 is 7.45. The van der Waals surface area contributed by atoms with Crippen molar-refractivity contribution in [3.63, 3.8) is 0 Å². The van der Waals surface area contributed by atoms with Crippen LogP contribution in [0.4, 0.5) is 0 Å². The van der Waals surface area contributed by atoms with Gasteiger partial charge in [-0.15, -0.1) is 10.2 Å². The van der Waals surface area contributed by atoms with Crippen LogP contribution >= 0.6 is 11.6 Å². The molecule has 1 heterocycles. The second-order valence-electron chi connectivity index (χ2n) is 5.72. The van der Waals surface area contributed by atoms with Gasteiger partial charge in [-0.2, -0.15) is 0 Å². The Morgan fingerprint density at radius 3 is 2.35 bits per heavy atom. The van der Waals surface area contributed by atoms with E-state index in [1.807, 2.05) is 28.8 Å². The van der Waals surface area contributed by atoms with Crippen LogP contribution in [0.15, 0.2) is 24.3 Å². The molecule has 2 rings (SSSR count). The zero-order chi connectivity index (χ0) is 14.8. The normalized spacial score (nSPS) is 11.7. The Bertz CT molecular complexity index is 570. The van der Waals surface area contributed by atoms with Gasteiger partial charge >= 0.3 is 0 Å². The molecule has 0 fully saturated rings. The summed E-state index contributed by atoms with van der Waals surface area (Å²) in [4.78, 5) is 0. The van der Waals surface area contributed by atoms with Crippen molar-refractivity contribution in [2.75, 3.05) is 6.61 Å². The molecule has 0 spiro atoms. The van der Waals surface area contributed by atoms with Crippen molar-refractivity contribution in [2.24, 2.45) is 0 Å². The average Bonchev–Trinajstić information content (AvgIpc) is 2.79. The summed E-state index contributed by atoms with van der Waals surface area (Å²) >= 11 is 6.17. The minimum Gasteiger partial charge on any atom is -0.494 e. The molecule has 0 N–H and O–H groups in total. The van der Waals surface area contributed by atoms with Gasteiger partial charge in [-0.05, 0) is 42.3 Å². The summed E-state index contributed by atoms with van der Waals surface area (Å²) in [6.45, 7) is 9.06. The van der Waals surface area contributed by atoms with Gasteiger partial charge in [-0.3, -0.25) is 4.57 Å². The van der Waals surface area contributed by atoms with E-state index in [9.17, 15) is 0 Å². The molecule has 0 aliphatic rings. The zero-order valence-corrected chi connectivity index (χ0v) is 13.1. The van der Waals surface area contributed by atoms with E-state index in [4.69, 9.17) is 16.3 Å². The topological polar surface area (TPSA) is 39.9 Å². The second kappa shape index (κ2) is 5.83. The van der Waals surface area contributed by atoms with E-state index in [-0.39, 0.29) is 5.41 Å². The highest BCUT2D eigenvalue weighted by molar-refractivity contribution is 6.28. The minimum absolute atomic E-state index is 0.127. The number of benzene rings is 1. The monoisotopic (exact) mass is 293 g/mol. The van der Waals surface area contributed by atoms with Crippen molar-refractivity contribution in [3.8, 4) is 11.4 Å². The maximum atomic E-state index is 6.17. The third-order valence-electron chi connectivity index (χ3n) is 2.86. The number of aromatic nitrogens is 3. The van der Waals surface area contributed by atoms with Gasteiger partial charge in [0.2, 0.25) is 5.28 Å². The Hall–Kier alpha value is -1.55. The number of hydrogen-bond donors (Lipinski definition) is 0. The minimum atomic E-state index is -0.127. The quantitative estimate of drug-likeness (QED) is 0.855. The van der Waals surface area contributed by atoms with Gasteiger partial charge in [-0.25, -0.2) is 0 Å². The predicted octanol–water partition coefficient (Wildman–Crippen LogP) is 4.01. The Kier molecular flexibility index (Phi) is 4.33. The Labute approximate surface area is 124 Å². The van der Waals surface area contributed by atoms with Crippen molar-refractivity contribution in [2.45, 2.75) is 39.5 Å². The van der Waals surface area contributed by atoms with Crippen molar-refractivity contribution in [1.82, 2.24) is 14.8 Å². The van der Waals surface area contributed by atoms with E-state index in [1.54, 1.807) is 0 Å². The molecular weight excluding hydrogens is 274 g/mol. The van der Waals surface area contributed by atoms with Crippen molar-refractivity contribution in [3.05, 3.63) is 35.4 Å². The molecule has 0 radical (unpaired) electrons. The average molecular weight is 294 g/mol. The highest BCUT2D eigenvalue weighted by Gasteiger charge is 2.24. The fourth-order valence-corrected chi connectivity index (χ4v) is 2.11. The summed E-state index contributed by atoms with van der Waals surface area (Å²) in [5.74, 6) is 1.70. The van der Waals surface area contributed by atoms with Crippen LogP contribution in [-0.4, -0.2) is 21.4 Å². The lowest BCUT2D eigenvalue weighted by Crippen LogP contribution is -2.18. The van der Waals surface area contributed by atoms with Crippen LogP contribution in [0.3, 0.4) is 0 Å². The van der Waals surface area contributed by atoms with Crippen LogP contribution in [-0.2, 0) is 5.41 Å². The summed E-state index contributed by atoms with van der Waals surface area (Å²) in [5, 5.41) is 8.54. The highest BCUT2D eigenvalue weighted by atomic mass is 35.5. The molecule has 20 heavy (non-hydrogen) atoms. The van der Waals surface area contributed by atoms with E-state index in [0.29, 0.717) is 5.28 Å². The van der Waals surface area contributed by atoms with Crippen LogP contribution in [0.1, 0.15) is 39.9 Å². The first kappa shape index (κ1) is 14.9. The fraction of sp³-hybridized carbons (Fsp3) is 0.467. The summed E-state index contributed by atoms with van der Waals surface area (Å²) in [5.41, 5.74) is 0.811. The van der Waals surface area contributed by atoms with Crippen LogP contribution in [0.2, 0.25) is 5.28 Å². The summed E-state index contributed by atoms with van der Waals surface area (Å²) in [6, 6.07) is 7.81. The van der Waals surface area contributed by atoms with E-state index in [0.717, 1.165) is 30.3 Å². The molecule has 0 aliphatic heterocycles. The molecule has 5 heteroatoms. The van der Waals surface area contributed by atoms with Gasteiger partial charge in [0.1, 0.15) is 11.6 Å². The standard InChI is InChI=1S/C15H20ClN3O/c1-5-10-20-12-8-6-11(7-9-12)19-13(15(2,3)4)17-18-14(19)16/h6-9H,5,10H2,1-4H3. The number of halogens is 1. The maximum absolute atomic E-state index is 6.17. The van der Waals surface area contributed by atoms with Gasteiger partial charge < -0.3 is 4.74 Å². The van der Waals surface area contributed by atoms with E-state index >= 15 is 0 Å². The fourth-order valence-electron chi connectivity index (χ4n) is 1.89. The first-order valence-corrected chi connectivity index (χ1v) is 7.16. The zero-order valence-electron chi connectivity index (χ0n) is 12.4. The molecular formula is C15H20ClN3O. The van der Waals surface area contributed by atoms with Crippen LogP contribution in [0.25, 0.3) is 5.69 Å².